The fourth-order valence-electron chi connectivity index (χ4n) is 2.63. The summed E-state index contributed by atoms with van der Waals surface area (Å²) in [7, 11) is 0. The Hall–Kier alpha value is -0.930. The van der Waals surface area contributed by atoms with Crippen molar-refractivity contribution in [2.45, 2.75) is 37.1 Å². The van der Waals surface area contributed by atoms with Crippen molar-refractivity contribution in [3.63, 3.8) is 0 Å². The maximum Gasteiger partial charge on any atom is 0.0475 e. The second-order valence-electron chi connectivity index (χ2n) is 5.29. The summed E-state index contributed by atoms with van der Waals surface area (Å²) in [6.45, 7) is 2.83. The molecule has 1 saturated carbocycles. The fourth-order valence-corrected chi connectivity index (χ4v) is 2.63. The molecule has 17 heavy (non-hydrogen) atoms. The van der Waals surface area contributed by atoms with Crippen molar-refractivity contribution < 1.29 is 4.74 Å². The standard InChI is InChI=1S/C14H20N2O/c1-2-12(10-15-7-1)14(5-8-17-9-6-14)11-16-13-3-4-13/h1-2,7,10,13,16H,3-6,8-9,11H2. The quantitative estimate of drug-likeness (QED) is 0.860. The normalized spacial score (nSPS) is 23.5. The Bertz CT molecular complexity index is 356. The van der Waals surface area contributed by atoms with Crippen molar-refractivity contribution in [3.05, 3.63) is 30.1 Å². The highest BCUT2D eigenvalue weighted by atomic mass is 16.5. The van der Waals surface area contributed by atoms with Gasteiger partial charge in [-0.05, 0) is 37.3 Å². The summed E-state index contributed by atoms with van der Waals surface area (Å²) in [5.74, 6) is 0. The number of hydrogen-bond donors (Lipinski definition) is 1. The van der Waals surface area contributed by atoms with Crippen molar-refractivity contribution >= 4 is 0 Å². The molecule has 3 heteroatoms. The van der Waals surface area contributed by atoms with Gasteiger partial charge >= 0.3 is 0 Å². The monoisotopic (exact) mass is 232 g/mol. The zero-order chi connectivity index (χ0) is 11.6. The Morgan fingerprint density at radius 3 is 2.82 bits per heavy atom. The number of pyridine rings is 1. The van der Waals surface area contributed by atoms with Gasteiger partial charge in [0, 0.05) is 43.6 Å². The van der Waals surface area contributed by atoms with E-state index in [0.29, 0.717) is 0 Å². The van der Waals surface area contributed by atoms with Crippen molar-refractivity contribution in [3.8, 4) is 0 Å². The summed E-state index contributed by atoms with van der Waals surface area (Å²) in [5.41, 5.74) is 1.62. The van der Waals surface area contributed by atoms with Crippen molar-refractivity contribution in [2.75, 3.05) is 19.8 Å². The molecule has 0 unspecified atom stereocenters. The summed E-state index contributed by atoms with van der Waals surface area (Å²) in [4.78, 5) is 4.28. The van der Waals surface area contributed by atoms with Crippen LogP contribution in [0, 0.1) is 0 Å². The van der Waals surface area contributed by atoms with E-state index in [1.54, 1.807) is 0 Å². The van der Waals surface area contributed by atoms with Crippen LogP contribution in [-0.4, -0.2) is 30.8 Å². The molecule has 0 atom stereocenters. The lowest BCUT2D eigenvalue weighted by atomic mass is 9.74. The van der Waals surface area contributed by atoms with Crippen molar-refractivity contribution in [1.29, 1.82) is 0 Å². The zero-order valence-electron chi connectivity index (χ0n) is 10.2. The van der Waals surface area contributed by atoms with Gasteiger partial charge in [0.05, 0.1) is 0 Å². The number of hydrogen-bond acceptors (Lipinski definition) is 3. The Labute approximate surface area is 103 Å². The predicted octanol–water partition coefficient (Wildman–Crippen LogP) is 1.88. The molecular weight excluding hydrogens is 212 g/mol. The molecular formula is C14H20N2O. The molecule has 0 amide bonds. The van der Waals surface area contributed by atoms with Crippen LogP contribution in [0.1, 0.15) is 31.2 Å². The largest absolute Gasteiger partial charge is 0.381 e. The molecule has 1 aromatic rings. The highest BCUT2D eigenvalue weighted by Gasteiger charge is 2.36. The average Bonchev–Trinajstić information content (AvgIpc) is 3.23. The lowest BCUT2D eigenvalue weighted by Crippen LogP contribution is -2.43. The summed E-state index contributed by atoms with van der Waals surface area (Å²) in [6, 6.07) is 5.03. The van der Waals surface area contributed by atoms with Gasteiger partial charge in [-0.2, -0.15) is 0 Å². The molecule has 0 radical (unpaired) electrons. The SMILES string of the molecule is c1cncc(C2(CNC3CC3)CCOCC2)c1. The van der Waals surface area contributed by atoms with Crippen LogP contribution in [0.3, 0.4) is 0 Å². The zero-order valence-corrected chi connectivity index (χ0v) is 10.2. The second-order valence-corrected chi connectivity index (χ2v) is 5.29. The van der Waals surface area contributed by atoms with E-state index in [0.717, 1.165) is 38.6 Å². The molecule has 0 spiro atoms. The minimum absolute atomic E-state index is 0.245. The topological polar surface area (TPSA) is 34.2 Å². The van der Waals surface area contributed by atoms with Gasteiger partial charge in [0.2, 0.25) is 0 Å². The van der Waals surface area contributed by atoms with E-state index < -0.39 is 0 Å². The first-order valence-corrected chi connectivity index (χ1v) is 6.61. The Balaban J connectivity index is 1.78. The Kier molecular flexibility index (Phi) is 3.12. The van der Waals surface area contributed by atoms with E-state index in [9.17, 15) is 0 Å². The molecule has 3 rings (SSSR count). The fraction of sp³-hybridized carbons (Fsp3) is 0.643. The van der Waals surface area contributed by atoms with E-state index in [2.05, 4.69) is 16.4 Å². The minimum Gasteiger partial charge on any atom is -0.381 e. The first-order chi connectivity index (χ1) is 8.39. The van der Waals surface area contributed by atoms with Gasteiger partial charge in [0.15, 0.2) is 0 Å². The van der Waals surface area contributed by atoms with Gasteiger partial charge < -0.3 is 10.1 Å². The van der Waals surface area contributed by atoms with E-state index >= 15 is 0 Å². The van der Waals surface area contributed by atoms with E-state index in [1.807, 2.05) is 18.5 Å². The molecule has 2 aliphatic rings. The molecule has 1 aliphatic heterocycles. The molecule has 92 valence electrons. The molecule has 2 heterocycles. The molecule has 3 nitrogen and oxygen atoms in total. The summed E-state index contributed by atoms with van der Waals surface area (Å²) in [5, 5.41) is 3.68. The smallest absolute Gasteiger partial charge is 0.0475 e. The summed E-state index contributed by atoms with van der Waals surface area (Å²) >= 11 is 0. The summed E-state index contributed by atoms with van der Waals surface area (Å²) < 4.78 is 5.52. The van der Waals surface area contributed by atoms with Crippen LogP contribution >= 0.6 is 0 Å². The molecule has 1 N–H and O–H groups in total. The molecule has 1 saturated heterocycles. The molecule has 2 fully saturated rings. The lowest BCUT2D eigenvalue weighted by Gasteiger charge is -2.37. The molecule has 0 bridgehead atoms. The third-order valence-electron chi connectivity index (χ3n) is 4.03. The maximum absolute atomic E-state index is 5.52. The molecule has 0 aromatic carbocycles. The van der Waals surface area contributed by atoms with Crippen LogP contribution in [0.25, 0.3) is 0 Å². The van der Waals surface area contributed by atoms with Crippen LogP contribution in [0.5, 0.6) is 0 Å². The van der Waals surface area contributed by atoms with Crippen LogP contribution in [0.2, 0.25) is 0 Å². The second kappa shape index (κ2) is 4.75. The van der Waals surface area contributed by atoms with Gasteiger partial charge in [-0.15, -0.1) is 0 Å². The van der Waals surface area contributed by atoms with Gasteiger partial charge in [-0.1, -0.05) is 6.07 Å². The van der Waals surface area contributed by atoms with Crippen LogP contribution in [-0.2, 0) is 10.2 Å². The number of ether oxygens (including phenoxy) is 1. The average molecular weight is 232 g/mol. The third kappa shape index (κ3) is 2.50. The predicted molar refractivity (Wildman–Crippen MR) is 67.0 cm³/mol. The van der Waals surface area contributed by atoms with Crippen LogP contribution < -0.4 is 5.32 Å². The van der Waals surface area contributed by atoms with Crippen LogP contribution in [0.4, 0.5) is 0 Å². The van der Waals surface area contributed by atoms with Gasteiger partial charge in [-0.25, -0.2) is 0 Å². The first kappa shape index (κ1) is 11.2. The number of rotatable bonds is 4. The molecule has 1 aromatic heterocycles. The van der Waals surface area contributed by atoms with E-state index in [1.165, 1.54) is 18.4 Å². The third-order valence-corrected chi connectivity index (χ3v) is 4.03. The number of aromatic nitrogens is 1. The minimum atomic E-state index is 0.245. The van der Waals surface area contributed by atoms with E-state index in [4.69, 9.17) is 4.74 Å². The summed E-state index contributed by atoms with van der Waals surface area (Å²) in [6.07, 6.45) is 8.79. The Morgan fingerprint density at radius 2 is 2.18 bits per heavy atom. The van der Waals surface area contributed by atoms with Gasteiger partial charge in [0.1, 0.15) is 0 Å². The van der Waals surface area contributed by atoms with Crippen molar-refractivity contribution in [1.82, 2.24) is 10.3 Å². The number of nitrogens with zero attached hydrogens (tertiary/aromatic N) is 1. The van der Waals surface area contributed by atoms with Gasteiger partial charge in [0.25, 0.3) is 0 Å². The Morgan fingerprint density at radius 1 is 1.35 bits per heavy atom. The van der Waals surface area contributed by atoms with Gasteiger partial charge in [-0.3, -0.25) is 4.98 Å². The van der Waals surface area contributed by atoms with Crippen LogP contribution in [0.15, 0.2) is 24.5 Å². The first-order valence-electron chi connectivity index (χ1n) is 6.61. The molecule has 1 aliphatic carbocycles. The van der Waals surface area contributed by atoms with Crippen molar-refractivity contribution in [2.24, 2.45) is 0 Å². The highest BCUT2D eigenvalue weighted by Crippen LogP contribution is 2.34. The highest BCUT2D eigenvalue weighted by molar-refractivity contribution is 5.23. The lowest BCUT2D eigenvalue weighted by molar-refractivity contribution is 0.0496. The van der Waals surface area contributed by atoms with E-state index in [-0.39, 0.29) is 5.41 Å². The maximum atomic E-state index is 5.52. The number of nitrogens with one attached hydrogen (secondary N) is 1.